The van der Waals surface area contributed by atoms with Crippen LogP contribution in [0.2, 0.25) is 0 Å². The van der Waals surface area contributed by atoms with Gasteiger partial charge < -0.3 is 4.55 Å². The fraction of sp³-hybridized carbons (Fsp3) is 0.333. The number of hydrogen-bond donors (Lipinski definition) is 0. The van der Waals surface area contributed by atoms with Crippen molar-refractivity contribution in [2.24, 2.45) is 0 Å². The van der Waals surface area contributed by atoms with Crippen LogP contribution in [-0.2, 0) is 11.1 Å². The maximum absolute atomic E-state index is 10.2. The van der Waals surface area contributed by atoms with E-state index >= 15 is 0 Å². The van der Waals surface area contributed by atoms with E-state index in [0.29, 0.717) is 5.75 Å². The van der Waals surface area contributed by atoms with Crippen molar-refractivity contribution in [1.82, 2.24) is 0 Å². The Morgan fingerprint density at radius 2 is 1.93 bits per heavy atom. The van der Waals surface area contributed by atoms with Crippen LogP contribution < -0.4 is 18.9 Å². The molecule has 0 saturated heterocycles. The van der Waals surface area contributed by atoms with E-state index in [1.54, 1.807) is 11.8 Å². The van der Waals surface area contributed by atoms with E-state index < -0.39 is 11.1 Å². The van der Waals surface area contributed by atoms with E-state index in [2.05, 4.69) is 0 Å². The standard InChI is InChI=1S/C9H12O2S2.Li/c1-8-2-4-9(5-3-8)12-6-7-13(10)11;/h2-5H,6-7H2,1H3,(H,10,11);/q;+1/p-1. The van der Waals surface area contributed by atoms with Gasteiger partial charge in [0.2, 0.25) is 0 Å². The zero-order valence-corrected chi connectivity index (χ0v) is 9.99. The molecule has 1 rings (SSSR count). The van der Waals surface area contributed by atoms with Gasteiger partial charge in [0.15, 0.2) is 0 Å². The number of rotatable bonds is 4. The summed E-state index contributed by atoms with van der Waals surface area (Å²) in [5.41, 5.74) is 1.22. The third kappa shape index (κ3) is 5.89. The molecule has 1 aromatic rings. The molecule has 0 N–H and O–H groups in total. The molecule has 1 unspecified atom stereocenters. The number of aryl methyl sites for hydroxylation is 1. The van der Waals surface area contributed by atoms with E-state index in [0.717, 1.165) is 4.90 Å². The van der Waals surface area contributed by atoms with Gasteiger partial charge in [0.05, 0.1) is 0 Å². The number of benzene rings is 1. The summed E-state index contributed by atoms with van der Waals surface area (Å²) in [6.45, 7) is 2.03. The van der Waals surface area contributed by atoms with Crippen LogP contribution in [0.4, 0.5) is 0 Å². The van der Waals surface area contributed by atoms with Crippen molar-refractivity contribution in [2.45, 2.75) is 11.8 Å². The van der Waals surface area contributed by atoms with Crippen molar-refractivity contribution in [2.75, 3.05) is 11.5 Å². The summed E-state index contributed by atoms with van der Waals surface area (Å²) in [7, 11) is 0. The summed E-state index contributed by atoms with van der Waals surface area (Å²) >= 11 is -0.350. The predicted molar refractivity (Wildman–Crippen MR) is 55.7 cm³/mol. The van der Waals surface area contributed by atoms with Crippen molar-refractivity contribution in [3.8, 4) is 0 Å². The second-order valence-corrected chi connectivity index (χ2v) is 4.85. The molecule has 1 aromatic carbocycles. The van der Waals surface area contributed by atoms with Gasteiger partial charge in [-0.1, -0.05) is 28.8 Å². The Labute approximate surface area is 103 Å². The molecule has 0 aliphatic heterocycles. The molecule has 2 nitrogen and oxygen atoms in total. The fourth-order valence-electron chi connectivity index (χ4n) is 0.862. The normalized spacial score (nSPS) is 11.9. The molecule has 1 atom stereocenters. The quantitative estimate of drug-likeness (QED) is 0.371. The van der Waals surface area contributed by atoms with Gasteiger partial charge >= 0.3 is 18.9 Å². The summed E-state index contributed by atoms with van der Waals surface area (Å²) in [6.07, 6.45) is 0. The summed E-state index contributed by atoms with van der Waals surface area (Å²) in [4.78, 5) is 1.12. The van der Waals surface area contributed by atoms with Crippen LogP contribution in [0, 0.1) is 6.92 Å². The Morgan fingerprint density at radius 1 is 1.36 bits per heavy atom. The van der Waals surface area contributed by atoms with Gasteiger partial charge in [0.25, 0.3) is 0 Å². The van der Waals surface area contributed by atoms with Crippen LogP contribution in [0.1, 0.15) is 5.56 Å². The molecule has 0 aromatic heterocycles. The monoisotopic (exact) mass is 222 g/mol. The molecule has 5 heteroatoms. The van der Waals surface area contributed by atoms with E-state index in [9.17, 15) is 8.76 Å². The van der Waals surface area contributed by atoms with Crippen molar-refractivity contribution in [1.29, 1.82) is 0 Å². The van der Waals surface area contributed by atoms with Crippen molar-refractivity contribution in [3.05, 3.63) is 29.8 Å². The van der Waals surface area contributed by atoms with Crippen LogP contribution in [0.25, 0.3) is 0 Å². The smallest absolute Gasteiger partial charge is 0.772 e. The molecular formula is C9H11LiO2S2. The summed E-state index contributed by atoms with van der Waals surface area (Å²) < 4.78 is 20.5. The van der Waals surface area contributed by atoms with Crippen LogP contribution in [-0.4, -0.2) is 20.3 Å². The number of thioether (sulfide) groups is 1. The first-order chi connectivity index (χ1) is 6.18. The topological polar surface area (TPSA) is 40.1 Å². The molecule has 0 heterocycles. The van der Waals surface area contributed by atoms with E-state index in [1.807, 2.05) is 31.2 Å². The third-order valence-electron chi connectivity index (χ3n) is 1.54. The van der Waals surface area contributed by atoms with Gasteiger partial charge in [0, 0.05) is 16.4 Å². The second-order valence-electron chi connectivity index (χ2n) is 2.67. The minimum absolute atomic E-state index is 0. The van der Waals surface area contributed by atoms with Gasteiger partial charge in [0.1, 0.15) is 0 Å². The van der Waals surface area contributed by atoms with Crippen LogP contribution >= 0.6 is 11.8 Å². The Kier molecular flexibility index (Phi) is 7.70. The molecule has 0 fully saturated rings. The summed E-state index contributed by atoms with van der Waals surface area (Å²) in [5.74, 6) is 0.845. The van der Waals surface area contributed by atoms with Gasteiger partial charge in [-0.2, -0.15) is 0 Å². The maximum Gasteiger partial charge on any atom is 1.00 e. The molecular weight excluding hydrogens is 211 g/mol. The van der Waals surface area contributed by atoms with Crippen molar-refractivity contribution < 1.29 is 27.6 Å². The van der Waals surface area contributed by atoms with E-state index in [4.69, 9.17) is 0 Å². The minimum Gasteiger partial charge on any atom is -0.772 e. The van der Waals surface area contributed by atoms with Gasteiger partial charge in [-0.25, -0.2) is 0 Å². The summed E-state index contributed by atoms with van der Waals surface area (Å²) in [6, 6.07) is 8.06. The molecule has 0 spiro atoms. The van der Waals surface area contributed by atoms with Gasteiger partial charge in [-0.15, -0.1) is 11.8 Å². The molecule has 0 saturated carbocycles. The van der Waals surface area contributed by atoms with Crippen LogP contribution in [0.3, 0.4) is 0 Å². The molecule has 72 valence electrons. The fourth-order valence-corrected chi connectivity index (χ4v) is 2.30. The molecule has 14 heavy (non-hydrogen) atoms. The molecule has 0 bridgehead atoms. The van der Waals surface area contributed by atoms with Crippen LogP contribution in [0.5, 0.6) is 0 Å². The largest absolute Gasteiger partial charge is 1.00 e. The average molecular weight is 222 g/mol. The molecule has 0 amide bonds. The molecule has 0 aliphatic rings. The molecule has 0 radical (unpaired) electrons. The Balaban J connectivity index is 0.00000169. The summed E-state index contributed by atoms with van der Waals surface area (Å²) in [5, 5.41) is 0. The Morgan fingerprint density at radius 3 is 2.43 bits per heavy atom. The van der Waals surface area contributed by atoms with Crippen molar-refractivity contribution in [3.63, 3.8) is 0 Å². The van der Waals surface area contributed by atoms with Gasteiger partial charge in [-0.3, -0.25) is 4.21 Å². The first kappa shape index (κ1) is 14.3. The first-order valence-electron chi connectivity index (χ1n) is 3.94. The SMILES string of the molecule is Cc1ccc(SCCS(=O)[O-])cc1.[Li+]. The Hall–Kier alpha value is 0.277. The zero-order valence-electron chi connectivity index (χ0n) is 8.36. The third-order valence-corrected chi connectivity index (χ3v) is 3.35. The Bertz CT molecular complexity index is 287. The predicted octanol–water partition coefficient (Wildman–Crippen LogP) is -1.03. The van der Waals surface area contributed by atoms with Crippen molar-refractivity contribution >= 4 is 22.8 Å². The zero-order chi connectivity index (χ0) is 9.68. The first-order valence-corrected chi connectivity index (χ1v) is 6.17. The van der Waals surface area contributed by atoms with E-state index in [1.165, 1.54) is 5.56 Å². The number of hydrogen-bond acceptors (Lipinski definition) is 3. The molecule has 0 aliphatic carbocycles. The second kappa shape index (κ2) is 7.55. The van der Waals surface area contributed by atoms with Gasteiger partial charge in [-0.05, 0) is 19.1 Å². The average Bonchev–Trinajstić information content (AvgIpc) is 2.08. The van der Waals surface area contributed by atoms with Crippen LogP contribution in [0.15, 0.2) is 29.2 Å². The maximum atomic E-state index is 10.2. The minimum atomic E-state index is -1.91. The van der Waals surface area contributed by atoms with E-state index in [-0.39, 0.29) is 24.6 Å².